The first-order valence-electron chi connectivity index (χ1n) is 6.54. The molecule has 0 radical (unpaired) electrons. The van der Waals surface area contributed by atoms with Gasteiger partial charge in [-0.3, -0.25) is 0 Å². The maximum atomic E-state index is 10.2. The number of aryl methyl sites for hydroxylation is 1. The summed E-state index contributed by atoms with van der Waals surface area (Å²) in [4.78, 5) is 0. The molecule has 1 atom stereocenters. The van der Waals surface area contributed by atoms with E-state index in [-0.39, 0.29) is 12.0 Å². The molecule has 1 rings (SSSR count). The lowest BCUT2D eigenvalue weighted by Crippen LogP contribution is -2.34. The van der Waals surface area contributed by atoms with Crippen LogP contribution in [0.15, 0.2) is 18.2 Å². The van der Waals surface area contributed by atoms with Gasteiger partial charge in [0.25, 0.3) is 0 Å². The number of hydrogen-bond acceptors (Lipinski definition) is 4. The van der Waals surface area contributed by atoms with Crippen LogP contribution >= 0.6 is 0 Å². The second-order valence-corrected chi connectivity index (χ2v) is 5.71. The van der Waals surface area contributed by atoms with Gasteiger partial charge in [-0.25, -0.2) is 0 Å². The van der Waals surface area contributed by atoms with Gasteiger partial charge in [0, 0.05) is 30.7 Å². The van der Waals surface area contributed by atoms with Crippen molar-refractivity contribution in [2.24, 2.45) is 5.41 Å². The highest BCUT2D eigenvalue weighted by Gasteiger charge is 2.18. The molecule has 0 spiro atoms. The topological polar surface area (TPSA) is 61.7 Å². The number of benzene rings is 1. The number of ether oxygens (including phenoxy) is 1. The third-order valence-corrected chi connectivity index (χ3v) is 3.11. The molecule has 0 aliphatic heterocycles. The summed E-state index contributed by atoms with van der Waals surface area (Å²) in [6.45, 7) is 7.12. The highest BCUT2D eigenvalue weighted by molar-refractivity contribution is 5.38. The zero-order valence-corrected chi connectivity index (χ0v) is 12.2. The molecule has 1 unspecified atom stereocenters. The highest BCUT2D eigenvalue weighted by atomic mass is 16.5. The van der Waals surface area contributed by atoms with E-state index in [2.05, 4.69) is 5.32 Å². The van der Waals surface area contributed by atoms with Gasteiger partial charge in [0.1, 0.15) is 5.75 Å². The first kappa shape index (κ1) is 16.0. The fourth-order valence-electron chi connectivity index (χ4n) is 1.83. The van der Waals surface area contributed by atoms with Gasteiger partial charge in [0.05, 0.1) is 13.2 Å². The smallest absolute Gasteiger partial charge is 0.124 e. The van der Waals surface area contributed by atoms with Crippen LogP contribution in [0.1, 0.15) is 31.1 Å². The third-order valence-electron chi connectivity index (χ3n) is 3.11. The van der Waals surface area contributed by atoms with Crippen LogP contribution in [-0.2, 0) is 0 Å². The minimum Gasteiger partial charge on any atom is -0.496 e. The van der Waals surface area contributed by atoms with Gasteiger partial charge >= 0.3 is 0 Å². The quantitative estimate of drug-likeness (QED) is 0.703. The van der Waals surface area contributed by atoms with Gasteiger partial charge in [0.15, 0.2) is 0 Å². The lowest BCUT2D eigenvalue weighted by atomic mass is 9.95. The minimum absolute atomic E-state index is 0.115. The molecule has 1 aromatic carbocycles. The molecule has 4 heteroatoms. The summed E-state index contributed by atoms with van der Waals surface area (Å²) in [5.74, 6) is 0.696. The second-order valence-electron chi connectivity index (χ2n) is 5.71. The van der Waals surface area contributed by atoms with Gasteiger partial charge in [-0.05, 0) is 19.1 Å². The first-order chi connectivity index (χ1) is 8.89. The maximum absolute atomic E-state index is 10.2. The lowest BCUT2D eigenvalue weighted by Gasteiger charge is -2.23. The summed E-state index contributed by atoms with van der Waals surface area (Å²) in [5, 5.41) is 22.6. The standard InChI is InChI=1S/C15H25NO3/c1-11-5-6-14(19-4)12(7-11)13(18)8-16-9-15(2,3)10-17/h5-7,13,16-18H,8-10H2,1-4H3. The van der Waals surface area contributed by atoms with Crippen molar-refractivity contribution in [3.63, 3.8) is 0 Å². The Labute approximate surface area is 115 Å². The van der Waals surface area contributed by atoms with Crippen LogP contribution in [0.25, 0.3) is 0 Å². The van der Waals surface area contributed by atoms with Crippen LogP contribution in [0, 0.1) is 12.3 Å². The molecule has 0 saturated heterocycles. The van der Waals surface area contributed by atoms with Gasteiger partial charge in [-0.2, -0.15) is 0 Å². The van der Waals surface area contributed by atoms with Crippen molar-refractivity contribution < 1.29 is 14.9 Å². The monoisotopic (exact) mass is 267 g/mol. The Morgan fingerprint density at radius 3 is 2.63 bits per heavy atom. The summed E-state index contributed by atoms with van der Waals surface area (Å²) < 4.78 is 5.26. The summed E-state index contributed by atoms with van der Waals surface area (Å²) in [6.07, 6.45) is -0.621. The van der Waals surface area contributed by atoms with E-state index in [1.807, 2.05) is 39.0 Å². The Bertz CT molecular complexity index is 404. The normalized spacial score (nSPS) is 13.4. The van der Waals surface area contributed by atoms with Crippen LogP contribution < -0.4 is 10.1 Å². The van der Waals surface area contributed by atoms with E-state index in [0.29, 0.717) is 18.8 Å². The average molecular weight is 267 g/mol. The van der Waals surface area contributed by atoms with Gasteiger partial charge in [0.2, 0.25) is 0 Å². The summed E-state index contributed by atoms with van der Waals surface area (Å²) in [5.41, 5.74) is 1.69. The molecule has 108 valence electrons. The Hall–Kier alpha value is -1.10. The van der Waals surface area contributed by atoms with Crippen LogP contribution in [0.4, 0.5) is 0 Å². The molecule has 0 aliphatic carbocycles. The predicted molar refractivity (Wildman–Crippen MR) is 76.4 cm³/mol. The van der Waals surface area contributed by atoms with Crippen molar-refractivity contribution in [1.29, 1.82) is 0 Å². The van der Waals surface area contributed by atoms with Gasteiger partial charge < -0.3 is 20.3 Å². The number of nitrogens with one attached hydrogen (secondary N) is 1. The zero-order chi connectivity index (χ0) is 14.5. The van der Waals surface area contributed by atoms with Crippen molar-refractivity contribution in [3.8, 4) is 5.75 Å². The molecular weight excluding hydrogens is 242 g/mol. The van der Waals surface area contributed by atoms with E-state index >= 15 is 0 Å². The van der Waals surface area contributed by atoms with Crippen molar-refractivity contribution in [1.82, 2.24) is 5.32 Å². The second kappa shape index (κ2) is 6.89. The number of methoxy groups -OCH3 is 1. The van der Waals surface area contributed by atoms with Crippen LogP contribution in [0.2, 0.25) is 0 Å². The fraction of sp³-hybridized carbons (Fsp3) is 0.600. The molecule has 0 saturated carbocycles. The zero-order valence-electron chi connectivity index (χ0n) is 12.2. The van der Waals surface area contributed by atoms with Crippen molar-refractivity contribution in [2.75, 3.05) is 26.8 Å². The number of aliphatic hydroxyl groups excluding tert-OH is 2. The van der Waals surface area contributed by atoms with Crippen molar-refractivity contribution in [3.05, 3.63) is 29.3 Å². The molecule has 0 bridgehead atoms. The summed E-state index contributed by atoms with van der Waals surface area (Å²) in [6, 6.07) is 5.76. The third kappa shape index (κ3) is 4.82. The molecule has 19 heavy (non-hydrogen) atoms. The fourth-order valence-corrected chi connectivity index (χ4v) is 1.83. The molecule has 0 amide bonds. The van der Waals surface area contributed by atoms with E-state index < -0.39 is 6.10 Å². The number of hydrogen-bond donors (Lipinski definition) is 3. The van der Waals surface area contributed by atoms with E-state index in [0.717, 1.165) is 11.1 Å². The molecule has 3 N–H and O–H groups in total. The van der Waals surface area contributed by atoms with Gasteiger partial charge in [-0.1, -0.05) is 25.5 Å². The van der Waals surface area contributed by atoms with Crippen molar-refractivity contribution in [2.45, 2.75) is 26.9 Å². The molecule has 0 aliphatic rings. The predicted octanol–water partition coefficient (Wildman–Crippen LogP) is 1.65. The van der Waals surface area contributed by atoms with Crippen molar-refractivity contribution >= 4 is 0 Å². The molecule has 0 fully saturated rings. The van der Waals surface area contributed by atoms with Crippen LogP contribution in [0.5, 0.6) is 5.75 Å². The Kier molecular flexibility index (Phi) is 5.79. The molecule has 0 aromatic heterocycles. The van der Waals surface area contributed by atoms with E-state index in [9.17, 15) is 10.2 Å². The largest absolute Gasteiger partial charge is 0.496 e. The van der Waals surface area contributed by atoms with E-state index in [4.69, 9.17) is 4.74 Å². The van der Waals surface area contributed by atoms with E-state index in [1.165, 1.54) is 0 Å². The maximum Gasteiger partial charge on any atom is 0.124 e. The van der Waals surface area contributed by atoms with Gasteiger partial charge in [-0.15, -0.1) is 0 Å². The average Bonchev–Trinajstić information content (AvgIpc) is 2.38. The molecule has 4 nitrogen and oxygen atoms in total. The Balaban J connectivity index is 2.63. The SMILES string of the molecule is COc1ccc(C)cc1C(O)CNCC(C)(C)CO. The molecule has 0 heterocycles. The highest BCUT2D eigenvalue weighted by Crippen LogP contribution is 2.26. The first-order valence-corrected chi connectivity index (χ1v) is 6.54. The number of rotatable bonds is 7. The lowest BCUT2D eigenvalue weighted by molar-refractivity contribution is 0.137. The Morgan fingerprint density at radius 2 is 2.05 bits per heavy atom. The molecule has 1 aromatic rings. The number of aliphatic hydroxyl groups is 2. The molecular formula is C15H25NO3. The van der Waals surface area contributed by atoms with Crippen LogP contribution in [-0.4, -0.2) is 37.0 Å². The Morgan fingerprint density at radius 1 is 1.37 bits per heavy atom. The minimum atomic E-state index is -0.621. The van der Waals surface area contributed by atoms with E-state index in [1.54, 1.807) is 7.11 Å². The summed E-state index contributed by atoms with van der Waals surface area (Å²) in [7, 11) is 1.60. The van der Waals surface area contributed by atoms with Crippen LogP contribution in [0.3, 0.4) is 0 Å². The summed E-state index contributed by atoms with van der Waals surface area (Å²) >= 11 is 0.